The van der Waals surface area contributed by atoms with Crippen molar-refractivity contribution >= 4 is 11.8 Å². The van der Waals surface area contributed by atoms with E-state index in [-0.39, 0.29) is 24.8 Å². The highest BCUT2D eigenvalue weighted by Crippen LogP contribution is 2.18. The molecule has 1 fully saturated rings. The van der Waals surface area contributed by atoms with Crippen LogP contribution in [0.1, 0.15) is 24.3 Å². The maximum atomic E-state index is 11.5. The van der Waals surface area contributed by atoms with Gasteiger partial charge >= 0.3 is 0 Å². The Balaban J connectivity index is 1.68. The second-order valence-electron chi connectivity index (χ2n) is 4.22. The number of nitrogens with zero attached hydrogens (tertiary/aromatic N) is 1. The second kappa shape index (κ2) is 4.99. The maximum absolute atomic E-state index is 11.5. The molecular formula is C11H15N3O3. The topological polar surface area (TPSA) is 84.2 Å². The van der Waals surface area contributed by atoms with Gasteiger partial charge in [-0.25, -0.2) is 0 Å². The largest absolute Gasteiger partial charge is 0.361 e. The summed E-state index contributed by atoms with van der Waals surface area (Å²) in [7, 11) is 0. The average molecular weight is 237 g/mol. The van der Waals surface area contributed by atoms with Gasteiger partial charge in [0, 0.05) is 12.1 Å². The van der Waals surface area contributed by atoms with E-state index in [1.54, 1.807) is 13.0 Å². The van der Waals surface area contributed by atoms with Gasteiger partial charge < -0.3 is 15.2 Å². The van der Waals surface area contributed by atoms with E-state index >= 15 is 0 Å². The average Bonchev–Trinajstić information content (AvgIpc) is 2.99. The molecule has 2 amide bonds. The Hall–Kier alpha value is -1.85. The molecular weight excluding hydrogens is 222 g/mol. The molecule has 1 saturated carbocycles. The van der Waals surface area contributed by atoms with E-state index in [4.69, 9.17) is 4.52 Å². The number of carbonyl (C=O) groups is 2. The Morgan fingerprint density at radius 2 is 2.24 bits per heavy atom. The fourth-order valence-corrected chi connectivity index (χ4v) is 1.41. The van der Waals surface area contributed by atoms with Crippen LogP contribution >= 0.6 is 0 Å². The molecule has 0 aromatic carbocycles. The zero-order valence-electron chi connectivity index (χ0n) is 9.66. The molecule has 0 spiro atoms. The minimum absolute atomic E-state index is 0.0200. The normalized spacial score (nSPS) is 14.4. The zero-order chi connectivity index (χ0) is 12.3. The summed E-state index contributed by atoms with van der Waals surface area (Å²) in [5.74, 6) is 0.292. The van der Waals surface area contributed by atoms with E-state index in [1.807, 2.05) is 0 Å². The summed E-state index contributed by atoms with van der Waals surface area (Å²) in [6.07, 6.45) is 2.21. The van der Waals surface area contributed by atoms with Crippen molar-refractivity contribution in [1.82, 2.24) is 15.8 Å². The van der Waals surface area contributed by atoms with Crippen LogP contribution in [0.3, 0.4) is 0 Å². The third-order valence-electron chi connectivity index (χ3n) is 2.41. The molecule has 1 aromatic rings. The van der Waals surface area contributed by atoms with Crippen LogP contribution in [-0.2, 0) is 16.0 Å². The van der Waals surface area contributed by atoms with Crippen molar-refractivity contribution in [2.45, 2.75) is 32.2 Å². The van der Waals surface area contributed by atoms with Crippen LogP contribution in [0.15, 0.2) is 10.6 Å². The lowest BCUT2D eigenvalue weighted by atomic mass is 10.3. The molecule has 92 valence electrons. The van der Waals surface area contributed by atoms with Crippen LogP contribution in [0.2, 0.25) is 0 Å². The second-order valence-corrected chi connectivity index (χ2v) is 4.22. The first-order valence-electron chi connectivity index (χ1n) is 5.62. The first kappa shape index (κ1) is 11.6. The fourth-order valence-electron chi connectivity index (χ4n) is 1.41. The number of aromatic nitrogens is 1. The van der Waals surface area contributed by atoms with Crippen molar-refractivity contribution in [3.63, 3.8) is 0 Å². The number of rotatable bonds is 5. The number of carbonyl (C=O) groups excluding carboxylic acids is 2. The molecule has 6 nitrogen and oxygen atoms in total. The van der Waals surface area contributed by atoms with E-state index in [2.05, 4.69) is 15.8 Å². The molecule has 2 N–H and O–H groups in total. The summed E-state index contributed by atoms with van der Waals surface area (Å²) in [4.78, 5) is 22.7. The molecule has 1 aliphatic carbocycles. The standard InChI is InChI=1S/C11H15N3O3/c1-7-4-9(14-17-7)5-10(15)12-6-11(16)13-8-2-3-8/h4,8H,2-3,5-6H2,1H3,(H,12,15)(H,13,16). The van der Waals surface area contributed by atoms with Crippen molar-refractivity contribution in [2.24, 2.45) is 0 Å². The zero-order valence-corrected chi connectivity index (χ0v) is 9.66. The molecule has 6 heteroatoms. The lowest BCUT2D eigenvalue weighted by Gasteiger charge is -2.04. The molecule has 1 aliphatic rings. The van der Waals surface area contributed by atoms with Crippen molar-refractivity contribution in [3.8, 4) is 0 Å². The summed E-state index contributed by atoms with van der Waals surface area (Å²) in [6, 6.07) is 2.02. The van der Waals surface area contributed by atoms with Crippen molar-refractivity contribution in [1.29, 1.82) is 0 Å². The molecule has 0 bridgehead atoms. The van der Waals surface area contributed by atoms with Gasteiger partial charge in [-0.1, -0.05) is 5.16 Å². The molecule has 17 heavy (non-hydrogen) atoms. The van der Waals surface area contributed by atoms with Gasteiger partial charge in [0.15, 0.2) is 0 Å². The first-order chi connectivity index (χ1) is 8.13. The van der Waals surface area contributed by atoms with Crippen LogP contribution in [-0.4, -0.2) is 29.6 Å². The van der Waals surface area contributed by atoms with Crippen LogP contribution in [0.4, 0.5) is 0 Å². The third kappa shape index (κ3) is 3.90. The fraction of sp³-hybridized carbons (Fsp3) is 0.545. The van der Waals surface area contributed by atoms with Gasteiger partial charge in [0.1, 0.15) is 5.76 Å². The van der Waals surface area contributed by atoms with Gasteiger partial charge in [0.2, 0.25) is 11.8 Å². The summed E-state index contributed by atoms with van der Waals surface area (Å²) in [5.41, 5.74) is 0.572. The lowest BCUT2D eigenvalue weighted by Crippen LogP contribution is -2.38. The minimum Gasteiger partial charge on any atom is -0.361 e. The van der Waals surface area contributed by atoms with E-state index in [0.717, 1.165) is 12.8 Å². The summed E-state index contributed by atoms with van der Waals surface area (Å²) >= 11 is 0. The van der Waals surface area contributed by atoms with Gasteiger partial charge in [-0.05, 0) is 19.8 Å². The summed E-state index contributed by atoms with van der Waals surface area (Å²) in [5, 5.41) is 9.03. The smallest absolute Gasteiger partial charge is 0.239 e. The monoisotopic (exact) mass is 237 g/mol. The number of nitrogens with one attached hydrogen (secondary N) is 2. The highest BCUT2D eigenvalue weighted by Gasteiger charge is 2.23. The van der Waals surface area contributed by atoms with Gasteiger partial charge in [-0.2, -0.15) is 0 Å². The number of amides is 2. The van der Waals surface area contributed by atoms with Gasteiger partial charge in [-0.3, -0.25) is 9.59 Å². The predicted octanol–water partition coefficient (Wildman–Crippen LogP) is -0.0797. The van der Waals surface area contributed by atoms with E-state index in [9.17, 15) is 9.59 Å². The minimum atomic E-state index is -0.232. The molecule has 1 heterocycles. The Bertz CT molecular complexity index is 423. The maximum Gasteiger partial charge on any atom is 0.239 e. The van der Waals surface area contributed by atoms with E-state index in [0.29, 0.717) is 17.5 Å². The third-order valence-corrected chi connectivity index (χ3v) is 2.41. The molecule has 0 atom stereocenters. The van der Waals surface area contributed by atoms with Gasteiger partial charge in [0.05, 0.1) is 18.7 Å². The van der Waals surface area contributed by atoms with Crippen molar-refractivity contribution in [2.75, 3.05) is 6.54 Å². The molecule has 1 aromatic heterocycles. The van der Waals surface area contributed by atoms with E-state index in [1.165, 1.54) is 0 Å². The molecule has 2 rings (SSSR count). The molecule has 0 aliphatic heterocycles. The highest BCUT2D eigenvalue weighted by atomic mass is 16.5. The highest BCUT2D eigenvalue weighted by molar-refractivity contribution is 5.85. The number of hydrogen-bond donors (Lipinski definition) is 2. The van der Waals surface area contributed by atoms with Crippen LogP contribution in [0.25, 0.3) is 0 Å². The Morgan fingerprint density at radius 3 is 2.82 bits per heavy atom. The Kier molecular flexibility index (Phi) is 3.41. The van der Waals surface area contributed by atoms with Crippen LogP contribution < -0.4 is 10.6 Å². The van der Waals surface area contributed by atoms with Gasteiger partial charge in [0.25, 0.3) is 0 Å². The molecule has 0 saturated heterocycles. The first-order valence-corrected chi connectivity index (χ1v) is 5.62. The number of hydrogen-bond acceptors (Lipinski definition) is 4. The Morgan fingerprint density at radius 1 is 1.47 bits per heavy atom. The SMILES string of the molecule is Cc1cc(CC(=O)NCC(=O)NC2CC2)no1. The number of aryl methyl sites for hydroxylation is 1. The summed E-state index contributed by atoms with van der Waals surface area (Å²) < 4.78 is 4.84. The quantitative estimate of drug-likeness (QED) is 0.750. The molecule has 0 radical (unpaired) electrons. The summed E-state index contributed by atoms with van der Waals surface area (Å²) in [6.45, 7) is 1.78. The van der Waals surface area contributed by atoms with E-state index < -0.39 is 0 Å². The Labute approximate surface area is 98.7 Å². The van der Waals surface area contributed by atoms with Crippen LogP contribution in [0, 0.1) is 6.92 Å². The van der Waals surface area contributed by atoms with Gasteiger partial charge in [-0.15, -0.1) is 0 Å². The lowest BCUT2D eigenvalue weighted by molar-refractivity contribution is -0.125. The predicted molar refractivity (Wildman–Crippen MR) is 59.1 cm³/mol. The van der Waals surface area contributed by atoms with Crippen LogP contribution in [0.5, 0.6) is 0 Å². The van der Waals surface area contributed by atoms with Crippen molar-refractivity contribution in [3.05, 3.63) is 17.5 Å². The molecule has 0 unspecified atom stereocenters. The van der Waals surface area contributed by atoms with Crippen molar-refractivity contribution < 1.29 is 14.1 Å².